The summed E-state index contributed by atoms with van der Waals surface area (Å²) in [6.45, 7) is 1.39. The molecule has 2 aromatic rings. The zero-order valence-electron chi connectivity index (χ0n) is 13.1. The molecule has 0 aliphatic carbocycles. The Bertz CT molecular complexity index is 834. The fourth-order valence-electron chi connectivity index (χ4n) is 1.90. The van der Waals surface area contributed by atoms with Gasteiger partial charge < -0.3 is 15.4 Å². The lowest BCUT2D eigenvalue weighted by Crippen LogP contribution is -2.13. The molecule has 0 fully saturated rings. The predicted octanol–water partition coefficient (Wildman–Crippen LogP) is 3.26. The van der Waals surface area contributed by atoms with Gasteiger partial charge in [-0.15, -0.1) is 11.3 Å². The van der Waals surface area contributed by atoms with Crippen molar-refractivity contribution in [2.45, 2.75) is 6.92 Å². The van der Waals surface area contributed by atoms with E-state index in [1.54, 1.807) is 35.7 Å². The molecule has 2 rings (SSSR count). The zero-order chi connectivity index (χ0) is 17.5. The Kier molecular flexibility index (Phi) is 5.71. The standard InChI is InChI=1S/C17H15N3O3S/c1-11(21)19-15-6-7-24-16(15)8-12(10-18)17(22)20-13-4-3-5-14(9-13)23-2/h3-9H,1-2H3,(H,19,21)(H,20,22)/b12-8-. The topological polar surface area (TPSA) is 91.2 Å². The number of nitrogens with one attached hydrogen (secondary N) is 2. The van der Waals surface area contributed by atoms with Gasteiger partial charge in [0.15, 0.2) is 0 Å². The van der Waals surface area contributed by atoms with Crippen molar-refractivity contribution in [3.63, 3.8) is 0 Å². The van der Waals surface area contributed by atoms with Crippen molar-refractivity contribution in [3.05, 3.63) is 46.2 Å². The van der Waals surface area contributed by atoms with Crippen LogP contribution in [-0.4, -0.2) is 18.9 Å². The summed E-state index contributed by atoms with van der Waals surface area (Å²) < 4.78 is 5.09. The maximum absolute atomic E-state index is 12.3. The molecule has 0 spiro atoms. The number of hydrogen-bond donors (Lipinski definition) is 2. The smallest absolute Gasteiger partial charge is 0.266 e. The number of hydrogen-bond acceptors (Lipinski definition) is 5. The van der Waals surface area contributed by atoms with E-state index < -0.39 is 5.91 Å². The molecule has 0 radical (unpaired) electrons. The molecule has 7 heteroatoms. The molecule has 2 N–H and O–H groups in total. The second-order valence-corrected chi connectivity index (χ2v) is 5.68. The van der Waals surface area contributed by atoms with Crippen LogP contribution in [0.3, 0.4) is 0 Å². The molecular weight excluding hydrogens is 326 g/mol. The summed E-state index contributed by atoms with van der Waals surface area (Å²) in [6.07, 6.45) is 1.45. The van der Waals surface area contributed by atoms with Gasteiger partial charge in [0.1, 0.15) is 17.4 Å². The molecular formula is C17H15N3O3S. The Hall–Kier alpha value is -3.11. The van der Waals surface area contributed by atoms with Gasteiger partial charge in [-0.2, -0.15) is 5.26 Å². The molecule has 0 bridgehead atoms. The van der Waals surface area contributed by atoms with Gasteiger partial charge in [-0.1, -0.05) is 6.07 Å². The fraction of sp³-hybridized carbons (Fsp3) is 0.118. The van der Waals surface area contributed by atoms with Crippen molar-refractivity contribution in [1.29, 1.82) is 5.26 Å². The van der Waals surface area contributed by atoms with E-state index in [0.29, 0.717) is 22.0 Å². The van der Waals surface area contributed by atoms with Gasteiger partial charge in [0.05, 0.1) is 17.7 Å². The van der Waals surface area contributed by atoms with E-state index in [2.05, 4.69) is 10.6 Å². The first-order valence-electron chi connectivity index (χ1n) is 6.95. The maximum Gasteiger partial charge on any atom is 0.266 e. The summed E-state index contributed by atoms with van der Waals surface area (Å²) in [5.41, 5.74) is 1.02. The minimum atomic E-state index is -0.534. The number of benzene rings is 1. The molecule has 1 aromatic heterocycles. The molecule has 24 heavy (non-hydrogen) atoms. The third-order valence-corrected chi connectivity index (χ3v) is 3.84. The summed E-state index contributed by atoms with van der Waals surface area (Å²) in [6, 6.07) is 10.4. The molecule has 1 aromatic carbocycles. The second-order valence-electron chi connectivity index (χ2n) is 4.74. The number of ether oxygens (including phenoxy) is 1. The van der Waals surface area contributed by atoms with Crippen LogP contribution in [0.5, 0.6) is 5.75 Å². The van der Waals surface area contributed by atoms with E-state index >= 15 is 0 Å². The van der Waals surface area contributed by atoms with Crippen LogP contribution < -0.4 is 15.4 Å². The normalized spacial score (nSPS) is 10.6. The molecule has 2 amide bonds. The van der Waals surface area contributed by atoms with E-state index in [0.717, 1.165) is 0 Å². The number of carbonyl (C=O) groups excluding carboxylic acids is 2. The minimum Gasteiger partial charge on any atom is -0.497 e. The predicted molar refractivity (Wildman–Crippen MR) is 93.8 cm³/mol. The number of methoxy groups -OCH3 is 1. The van der Waals surface area contributed by atoms with Crippen LogP contribution >= 0.6 is 11.3 Å². The Morgan fingerprint density at radius 3 is 2.75 bits per heavy atom. The number of carbonyl (C=O) groups is 2. The number of thiophene rings is 1. The van der Waals surface area contributed by atoms with E-state index in [1.807, 2.05) is 6.07 Å². The number of rotatable bonds is 5. The molecule has 0 atom stereocenters. The second kappa shape index (κ2) is 7.94. The van der Waals surface area contributed by atoms with Crippen LogP contribution in [-0.2, 0) is 9.59 Å². The fourth-order valence-corrected chi connectivity index (χ4v) is 2.69. The number of amides is 2. The Balaban J connectivity index is 2.21. The molecule has 0 aliphatic heterocycles. The molecule has 0 saturated carbocycles. The van der Waals surface area contributed by atoms with Gasteiger partial charge in [-0.05, 0) is 29.7 Å². The summed E-state index contributed by atoms with van der Waals surface area (Å²) in [7, 11) is 1.53. The summed E-state index contributed by atoms with van der Waals surface area (Å²) in [5, 5.41) is 16.3. The van der Waals surface area contributed by atoms with Crippen LogP contribution in [0.15, 0.2) is 41.3 Å². The third kappa shape index (κ3) is 4.44. The lowest BCUT2D eigenvalue weighted by molar-refractivity contribution is -0.114. The van der Waals surface area contributed by atoms with Gasteiger partial charge in [-0.25, -0.2) is 0 Å². The highest BCUT2D eigenvalue weighted by Crippen LogP contribution is 2.25. The molecule has 0 aliphatic rings. The first-order chi connectivity index (χ1) is 11.5. The molecule has 122 valence electrons. The SMILES string of the molecule is COc1cccc(NC(=O)/C(C#N)=C\c2sccc2NC(C)=O)c1. The largest absolute Gasteiger partial charge is 0.497 e. The molecule has 1 heterocycles. The lowest BCUT2D eigenvalue weighted by Gasteiger charge is -2.06. The molecule has 0 saturated heterocycles. The summed E-state index contributed by atoms with van der Waals surface area (Å²) >= 11 is 1.32. The van der Waals surface area contributed by atoms with E-state index in [9.17, 15) is 14.9 Å². The number of nitrogens with zero attached hydrogens (tertiary/aromatic N) is 1. The first kappa shape index (κ1) is 17.2. The Morgan fingerprint density at radius 2 is 2.08 bits per heavy atom. The van der Waals surface area contributed by atoms with E-state index in [-0.39, 0.29) is 11.5 Å². The lowest BCUT2D eigenvalue weighted by atomic mass is 10.2. The van der Waals surface area contributed by atoms with Gasteiger partial charge in [0.2, 0.25) is 5.91 Å². The number of anilines is 2. The van der Waals surface area contributed by atoms with Crippen LogP contribution in [0.2, 0.25) is 0 Å². The highest BCUT2D eigenvalue weighted by molar-refractivity contribution is 7.11. The van der Waals surface area contributed by atoms with Crippen LogP contribution in [0, 0.1) is 11.3 Å². The van der Waals surface area contributed by atoms with Crippen molar-refractivity contribution in [2.24, 2.45) is 0 Å². The zero-order valence-corrected chi connectivity index (χ0v) is 13.9. The number of nitriles is 1. The molecule has 6 nitrogen and oxygen atoms in total. The van der Waals surface area contributed by atoms with Crippen molar-refractivity contribution >= 4 is 40.6 Å². The summed E-state index contributed by atoms with van der Waals surface area (Å²) in [4.78, 5) is 24.1. The van der Waals surface area contributed by atoms with Gasteiger partial charge in [0.25, 0.3) is 5.91 Å². The van der Waals surface area contributed by atoms with Gasteiger partial charge in [-0.3, -0.25) is 9.59 Å². The van der Waals surface area contributed by atoms with Crippen LogP contribution in [0.4, 0.5) is 11.4 Å². The Labute approximate surface area is 143 Å². The van der Waals surface area contributed by atoms with Gasteiger partial charge in [0, 0.05) is 18.7 Å². The highest BCUT2D eigenvalue weighted by Gasteiger charge is 2.12. The maximum atomic E-state index is 12.3. The highest BCUT2D eigenvalue weighted by atomic mass is 32.1. The van der Waals surface area contributed by atoms with Crippen molar-refractivity contribution in [3.8, 4) is 11.8 Å². The minimum absolute atomic E-state index is 0.0631. The first-order valence-corrected chi connectivity index (χ1v) is 7.83. The van der Waals surface area contributed by atoms with Gasteiger partial charge >= 0.3 is 0 Å². The van der Waals surface area contributed by atoms with E-state index in [1.165, 1.54) is 31.4 Å². The van der Waals surface area contributed by atoms with Crippen LogP contribution in [0.25, 0.3) is 6.08 Å². The van der Waals surface area contributed by atoms with E-state index in [4.69, 9.17) is 4.74 Å². The third-order valence-electron chi connectivity index (χ3n) is 2.97. The average molecular weight is 341 g/mol. The average Bonchev–Trinajstić information content (AvgIpc) is 2.98. The van der Waals surface area contributed by atoms with Crippen molar-refractivity contribution in [2.75, 3.05) is 17.7 Å². The monoisotopic (exact) mass is 341 g/mol. The van der Waals surface area contributed by atoms with Crippen molar-refractivity contribution < 1.29 is 14.3 Å². The molecule has 0 unspecified atom stereocenters. The quantitative estimate of drug-likeness (QED) is 0.645. The summed E-state index contributed by atoms with van der Waals surface area (Å²) in [5.74, 6) is -0.156. The van der Waals surface area contributed by atoms with Crippen molar-refractivity contribution in [1.82, 2.24) is 0 Å². The van der Waals surface area contributed by atoms with Crippen LogP contribution in [0.1, 0.15) is 11.8 Å². The Morgan fingerprint density at radius 1 is 1.29 bits per heavy atom.